The fourth-order valence-electron chi connectivity index (χ4n) is 2.61. The van der Waals surface area contributed by atoms with Crippen LogP contribution in [0.3, 0.4) is 0 Å². The maximum atomic E-state index is 10.1. The molecule has 0 heterocycles. The molecule has 25 heavy (non-hydrogen) atoms. The molecular weight excluding hydrogens is 312 g/mol. The summed E-state index contributed by atoms with van der Waals surface area (Å²) in [6, 6.07) is 23.1. The minimum Gasteiger partial charge on any atom is -0.457 e. The topological polar surface area (TPSA) is 49.7 Å². The summed E-state index contributed by atoms with van der Waals surface area (Å²) in [6.07, 6.45) is 0. The zero-order valence-corrected chi connectivity index (χ0v) is 14.4. The van der Waals surface area contributed by atoms with Crippen molar-refractivity contribution >= 4 is 0 Å². The van der Waals surface area contributed by atoms with E-state index in [0.717, 1.165) is 33.8 Å². The van der Waals surface area contributed by atoms with Crippen LogP contribution in [0.5, 0.6) is 11.5 Å². The maximum absolute atomic E-state index is 10.1. The lowest BCUT2D eigenvalue weighted by molar-refractivity contribution is 0.0786. The largest absolute Gasteiger partial charge is 0.457 e. The van der Waals surface area contributed by atoms with Gasteiger partial charge in [-0.15, -0.1) is 0 Å². The summed E-state index contributed by atoms with van der Waals surface area (Å²) in [5, 5.41) is 19.2. The van der Waals surface area contributed by atoms with Crippen molar-refractivity contribution in [1.29, 1.82) is 0 Å². The number of hydrogen-bond acceptors (Lipinski definition) is 3. The van der Waals surface area contributed by atoms with E-state index in [9.17, 15) is 5.11 Å². The van der Waals surface area contributed by atoms with Crippen molar-refractivity contribution in [3.8, 4) is 22.6 Å². The molecule has 3 nitrogen and oxygen atoms in total. The van der Waals surface area contributed by atoms with Gasteiger partial charge in [0.1, 0.15) is 11.5 Å². The Labute approximate surface area is 148 Å². The van der Waals surface area contributed by atoms with Gasteiger partial charge in [-0.3, -0.25) is 0 Å². The molecule has 0 saturated heterocycles. The fourth-order valence-corrected chi connectivity index (χ4v) is 2.61. The van der Waals surface area contributed by atoms with Gasteiger partial charge in [-0.2, -0.15) is 0 Å². The van der Waals surface area contributed by atoms with Gasteiger partial charge in [0.25, 0.3) is 0 Å². The van der Waals surface area contributed by atoms with Crippen molar-refractivity contribution in [3.63, 3.8) is 0 Å². The molecule has 0 fully saturated rings. The van der Waals surface area contributed by atoms with Crippen LogP contribution < -0.4 is 4.74 Å². The number of aliphatic hydroxyl groups excluding tert-OH is 1. The lowest BCUT2D eigenvalue weighted by Crippen LogP contribution is -2.14. The van der Waals surface area contributed by atoms with Crippen LogP contribution in [0.1, 0.15) is 25.0 Å². The normalized spacial score (nSPS) is 11.4. The zero-order valence-electron chi connectivity index (χ0n) is 14.4. The van der Waals surface area contributed by atoms with E-state index in [1.165, 1.54) is 0 Å². The van der Waals surface area contributed by atoms with Gasteiger partial charge in [-0.05, 0) is 60.4 Å². The first-order valence-corrected chi connectivity index (χ1v) is 8.27. The third-order valence-electron chi connectivity index (χ3n) is 4.10. The second-order valence-corrected chi connectivity index (χ2v) is 6.57. The highest BCUT2D eigenvalue weighted by Gasteiger charge is 2.15. The number of hydrogen-bond donors (Lipinski definition) is 2. The maximum Gasteiger partial charge on any atom is 0.128 e. The minimum atomic E-state index is -0.843. The third-order valence-corrected chi connectivity index (χ3v) is 4.10. The van der Waals surface area contributed by atoms with Crippen LogP contribution >= 0.6 is 0 Å². The Hall–Kier alpha value is -2.62. The summed E-state index contributed by atoms with van der Waals surface area (Å²) in [4.78, 5) is 0. The Balaban J connectivity index is 1.81. The molecule has 0 atom stereocenters. The van der Waals surface area contributed by atoms with Gasteiger partial charge in [-0.25, -0.2) is 0 Å². The van der Waals surface area contributed by atoms with Crippen LogP contribution in [-0.4, -0.2) is 10.2 Å². The molecule has 0 bridgehead atoms. The SMILES string of the molecule is CC(C)(O)c1ccc(-c2cccc(Oc3ccc(CO)cc3)c2)cc1. The van der Waals surface area contributed by atoms with E-state index in [-0.39, 0.29) is 6.61 Å². The van der Waals surface area contributed by atoms with Crippen LogP contribution in [0.2, 0.25) is 0 Å². The molecule has 0 aromatic heterocycles. The van der Waals surface area contributed by atoms with Crippen LogP contribution in [0.4, 0.5) is 0 Å². The molecule has 3 aromatic carbocycles. The Morgan fingerprint density at radius 3 is 2.08 bits per heavy atom. The summed E-state index contributed by atoms with van der Waals surface area (Å²) < 4.78 is 5.90. The van der Waals surface area contributed by atoms with Crippen molar-refractivity contribution < 1.29 is 14.9 Å². The third kappa shape index (κ3) is 4.27. The minimum absolute atomic E-state index is 0.0242. The molecule has 0 saturated carbocycles. The molecule has 0 spiro atoms. The van der Waals surface area contributed by atoms with Gasteiger partial charge in [0, 0.05) is 0 Å². The quantitative estimate of drug-likeness (QED) is 0.700. The molecule has 0 radical (unpaired) electrons. The van der Waals surface area contributed by atoms with E-state index >= 15 is 0 Å². The number of benzene rings is 3. The van der Waals surface area contributed by atoms with Gasteiger partial charge in [0.05, 0.1) is 12.2 Å². The van der Waals surface area contributed by atoms with Crippen molar-refractivity contribution in [2.24, 2.45) is 0 Å². The first-order valence-electron chi connectivity index (χ1n) is 8.27. The summed E-state index contributed by atoms with van der Waals surface area (Å²) >= 11 is 0. The lowest BCUT2D eigenvalue weighted by atomic mass is 9.95. The molecule has 0 amide bonds. The van der Waals surface area contributed by atoms with Gasteiger partial charge in [0.2, 0.25) is 0 Å². The predicted octanol–water partition coefficient (Wildman–Crippen LogP) is 4.87. The number of aliphatic hydroxyl groups is 2. The lowest BCUT2D eigenvalue weighted by Gasteiger charge is -2.18. The van der Waals surface area contributed by atoms with Crippen molar-refractivity contribution in [2.45, 2.75) is 26.1 Å². The van der Waals surface area contributed by atoms with E-state index in [1.807, 2.05) is 72.8 Å². The summed E-state index contributed by atoms with van der Waals surface area (Å²) in [6.45, 7) is 3.58. The van der Waals surface area contributed by atoms with E-state index in [1.54, 1.807) is 13.8 Å². The van der Waals surface area contributed by atoms with E-state index < -0.39 is 5.60 Å². The van der Waals surface area contributed by atoms with Gasteiger partial charge in [-0.1, -0.05) is 48.5 Å². The van der Waals surface area contributed by atoms with E-state index in [4.69, 9.17) is 9.84 Å². The highest BCUT2D eigenvalue weighted by Crippen LogP contribution is 2.29. The molecule has 0 aliphatic carbocycles. The Morgan fingerprint density at radius 2 is 1.48 bits per heavy atom. The van der Waals surface area contributed by atoms with Crippen LogP contribution in [0, 0.1) is 0 Å². The van der Waals surface area contributed by atoms with Crippen LogP contribution in [0.15, 0.2) is 72.8 Å². The van der Waals surface area contributed by atoms with Crippen molar-refractivity contribution in [2.75, 3.05) is 0 Å². The molecule has 0 aliphatic heterocycles. The zero-order chi connectivity index (χ0) is 17.9. The first-order chi connectivity index (χ1) is 12.0. The molecule has 128 valence electrons. The van der Waals surface area contributed by atoms with Gasteiger partial charge < -0.3 is 14.9 Å². The second kappa shape index (κ2) is 7.09. The van der Waals surface area contributed by atoms with Crippen molar-refractivity contribution in [1.82, 2.24) is 0 Å². The Kier molecular flexibility index (Phi) is 4.88. The smallest absolute Gasteiger partial charge is 0.128 e. The van der Waals surface area contributed by atoms with Crippen LogP contribution in [0.25, 0.3) is 11.1 Å². The average molecular weight is 334 g/mol. The summed E-state index contributed by atoms with van der Waals surface area (Å²) in [5.74, 6) is 1.48. The number of ether oxygens (including phenoxy) is 1. The van der Waals surface area contributed by atoms with Gasteiger partial charge in [0.15, 0.2) is 0 Å². The molecule has 3 rings (SSSR count). The van der Waals surface area contributed by atoms with Crippen molar-refractivity contribution in [3.05, 3.63) is 83.9 Å². The second-order valence-electron chi connectivity index (χ2n) is 6.57. The van der Waals surface area contributed by atoms with Crippen LogP contribution in [-0.2, 0) is 12.2 Å². The molecule has 3 heteroatoms. The average Bonchev–Trinajstić information content (AvgIpc) is 2.62. The predicted molar refractivity (Wildman–Crippen MR) is 99.6 cm³/mol. The molecular formula is C22H22O3. The summed E-state index contributed by atoms with van der Waals surface area (Å²) in [5.41, 5.74) is 3.01. The summed E-state index contributed by atoms with van der Waals surface area (Å²) in [7, 11) is 0. The first kappa shape index (κ1) is 17.2. The highest BCUT2D eigenvalue weighted by atomic mass is 16.5. The number of rotatable bonds is 5. The standard InChI is InChI=1S/C22H22O3/c1-22(2,24)19-10-8-17(9-11-19)18-4-3-5-21(14-18)25-20-12-6-16(15-23)7-13-20/h3-14,23-24H,15H2,1-2H3. The Bertz CT molecular complexity index is 828. The van der Waals surface area contributed by atoms with E-state index in [0.29, 0.717) is 0 Å². The monoisotopic (exact) mass is 334 g/mol. The van der Waals surface area contributed by atoms with E-state index in [2.05, 4.69) is 0 Å². The molecule has 2 N–H and O–H groups in total. The van der Waals surface area contributed by atoms with Gasteiger partial charge >= 0.3 is 0 Å². The molecule has 0 aliphatic rings. The Morgan fingerprint density at radius 1 is 0.800 bits per heavy atom. The highest BCUT2D eigenvalue weighted by molar-refractivity contribution is 5.65. The molecule has 3 aromatic rings. The fraction of sp³-hybridized carbons (Fsp3) is 0.182. The molecule has 0 unspecified atom stereocenters.